The minimum Gasteiger partial charge on any atom is -0.331 e. The molecule has 0 aliphatic rings. The van der Waals surface area contributed by atoms with Gasteiger partial charge in [0.1, 0.15) is 11.4 Å². The first-order valence-electron chi connectivity index (χ1n) is 4.27. The molecule has 1 N–H and O–H groups in total. The van der Waals surface area contributed by atoms with Gasteiger partial charge in [0.05, 0.1) is 11.0 Å². The Labute approximate surface area is 92.5 Å². The monoisotopic (exact) mass is 250 g/mol. The topological polar surface area (TPSA) is 20.7 Å². The molecule has 1 aromatic carbocycles. The highest BCUT2D eigenvalue weighted by Gasteiger charge is 2.37. The van der Waals surface area contributed by atoms with E-state index in [1.165, 1.54) is 13.1 Å². The van der Waals surface area contributed by atoms with Crippen LogP contribution in [0.4, 0.5) is 17.6 Å². The summed E-state index contributed by atoms with van der Waals surface area (Å²) in [7, 11) is 1.36. The lowest BCUT2D eigenvalue weighted by atomic mass is 10.1. The molecule has 0 saturated carbocycles. The van der Waals surface area contributed by atoms with Crippen LogP contribution in [0.5, 0.6) is 0 Å². The van der Waals surface area contributed by atoms with Crippen LogP contribution in [0.2, 0.25) is 0 Å². The SMILES string of the molecule is Cn1c(=S)[nH]c2ccc(F)c(C(F)(F)F)c21. The predicted octanol–water partition coefficient (Wildman–Crippen LogP) is 3.39. The zero-order chi connectivity index (χ0) is 12.1. The molecule has 0 amide bonds. The number of hydrogen-bond acceptors (Lipinski definition) is 1. The largest absolute Gasteiger partial charge is 0.421 e. The lowest BCUT2D eigenvalue weighted by Gasteiger charge is -2.10. The average molecular weight is 250 g/mol. The van der Waals surface area contributed by atoms with Gasteiger partial charge in [-0.25, -0.2) is 4.39 Å². The maximum atomic E-state index is 13.2. The smallest absolute Gasteiger partial charge is 0.331 e. The van der Waals surface area contributed by atoms with Crippen molar-refractivity contribution in [3.8, 4) is 0 Å². The third-order valence-corrected chi connectivity index (χ3v) is 2.67. The van der Waals surface area contributed by atoms with Crippen molar-refractivity contribution in [1.82, 2.24) is 9.55 Å². The molecule has 7 heteroatoms. The Bertz CT molecular complexity index is 608. The summed E-state index contributed by atoms with van der Waals surface area (Å²) < 4.78 is 52.4. The van der Waals surface area contributed by atoms with Crippen molar-refractivity contribution in [1.29, 1.82) is 0 Å². The molecule has 86 valence electrons. The van der Waals surface area contributed by atoms with Crippen LogP contribution < -0.4 is 0 Å². The highest BCUT2D eigenvalue weighted by molar-refractivity contribution is 7.71. The number of H-pyrrole nitrogens is 1. The highest BCUT2D eigenvalue weighted by Crippen LogP contribution is 2.36. The minimum atomic E-state index is -4.74. The minimum absolute atomic E-state index is 0.117. The molecule has 0 fully saturated rings. The fourth-order valence-electron chi connectivity index (χ4n) is 1.59. The number of hydrogen-bond donors (Lipinski definition) is 1. The molecule has 0 bridgehead atoms. The quantitative estimate of drug-likeness (QED) is 0.561. The fraction of sp³-hybridized carbons (Fsp3) is 0.222. The lowest BCUT2D eigenvalue weighted by molar-refractivity contribution is -0.138. The summed E-state index contributed by atoms with van der Waals surface area (Å²) in [6, 6.07) is 2.01. The zero-order valence-electron chi connectivity index (χ0n) is 8.02. The van der Waals surface area contributed by atoms with Gasteiger partial charge in [-0.05, 0) is 24.4 Å². The second-order valence-corrected chi connectivity index (χ2v) is 3.69. The Morgan fingerprint density at radius 1 is 1.31 bits per heavy atom. The number of fused-ring (bicyclic) bond motifs is 1. The molecule has 0 aliphatic heterocycles. The van der Waals surface area contributed by atoms with Crippen molar-refractivity contribution in [3.63, 3.8) is 0 Å². The van der Waals surface area contributed by atoms with E-state index in [1.807, 2.05) is 0 Å². The van der Waals surface area contributed by atoms with E-state index in [0.29, 0.717) is 0 Å². The molecule has 2 rings (SSSR count). The second kappa shape index (κ2) is 3.31. The molecule has 1 heterocycles. The van der Waals surface area contributed by atoms with E-state index in [2.05, 4.69) is 4.98 Å². The first-order valence-corrected chi connectivity index (χ1v) is 4.67. The van der Waals surface area contributed by atoms with Gasteiger partial charge in [0.2, 0.25) is 0 Å². The predicted molar refractivity (Wildman–Crippen MR) is 53.1 cm³/mol. The van der Waals surface area contributed by atoms with E-state index in [9.17, 15) is 17.6 Å². The maximum Gasteiger partial charge on any atom is 0.421 e. The van der Waals surface area contributed by atoms with Gasteiger partial charge in [-0.2, -0.15) is 13.2 Å². The van der Waals surface area contributed by atoms with Crippen molar-refractivity contribution >= 4 is 23.3 Å². The third-order valence-electron chi connectivity index (χ3n) is 2.29. The molecular formula is C9H6F4N2S. The van der Waals surface area contributed by atoms with E-state index >= 15 is 0 Å². The Morgan fingerprint density at radius 3 is 2.50 bits per heavy atom. The summed E-state index contributed by atoms with van der Waals surface area (Å²) in [6.45, 7) is 0. The molecule has 16 heavy (non-hydrogen) atoms. The Balaban J connectivity index is 3.00. The lowest BCUT2D eigenvalue weighted by Crippen LogP contribution is -2.10. The summed E-state index contributed by atoms with van der Waals surface area (Å²) in [5.41, 5.74) is -1.39. The summed E-state index contributed by atoms with van der Waals surface area (Å²) in [5, 5.41) is 0. The number of nitrogens with one attached hydrogen (secondary N) is 1. The number of aromatic amines is 1. The van der Waals surface area contributed by atoms with Gasteiger partial charge >= 0.3 is 6.18 Å². The summed E-state index contributed by atoms with van der Waals surface area (Å²) >= 11 is 4.80. The number of aromatic nitrogens is 2. The normalized spacial score (nSPS) is 12.3. The van der Waals surface area contributed by atoms with Crippen LogP contribution in [0.1, 0.15) is 5.56 Å². The van der Waals surface area contributed by atoms with Crippen LogP contribution >= 0.6 is 12.2 Å². The molecule has 0 spiro atoms. The van der Waals surface area contributed by atoms with Gasteiger partial charge in [-0.1, -0.05) is 0 Å². The first-order chi connectivity index (χ1) is 7.32. The Morgan fingerprint density at radius 2 is 1.94 bits per heavy atom. The average Bonchev–Trinajstić information content (AvgIpc) is 2.42. The number of alkyl halides is 3. The van der Waals surface area contributed by atoms with Gasteiger partial charge < -0.3 is 9.55 Å². The van der Waals surface area contributed by atoms with Gasteiger partial charge in [0.25, 0.3) is 0 Å². The van der Waals surface area contributed by atoms with E-state index < -0.39 is 17.6 Å². The third kappa shape index (κ3) is 1.51. The Hall–Kier alpha value is -1.37. The number of rotatable bonds is 0. The van der Waals surface area contributed by atoms with Crippen LogP contribution in [0.3, 0.4) is 0 Å². The fourth-order valence-corrected chi connectivity index (χ4v) is 1.79. The summed E-state index contributed by atoms with van der Waals surface area (Å²) in [4.78, 5) is 2.58. The molecule has 0 saturated heterocycles. The van der Waals surface area contributed by atoms with Crippen molar-refractivity contribution in [2.75, 3.05) is 0 Å². The van der Waals surface area contributed by atoms with Crippen molar-refractivity contribution in [2.45, 2.75) is 6.18 Å². The summed E-state index contributed by atoms with van der Waals surface area (Å²) in [5.74, 6) is -1.30. The molecule has 2 nitrogen and oxygen atoms in total. The van der Waals surface area contributed by atoms with Gasteiger partial charge in [-0.3, -0.25) is 0 Å². The van der Waals surface area contributed by atoms with Crippen molar-refractivity contribution in [2.24, 2.45) is 7.05 Å². The molecule has 0 aliphatic carbocycles. The number of nitrogens with zero attached hydrogens (tertiary/aromatic N) is 1. The van der Waals surface area contributed by atoms with E-state index in [0.717, 1.165) is 10.6 Å². The van der Waals surface area contributed by atoms with Crippen LogP contribution in [0.25, 0.3) is 11.0 Å². The van der Waals surface area contributed by atoms with Crippen molar-refractivity contribution < 1.29 is 17.6 Å². The number of imidazole rings is 1. The van der Waals surface area contributed by atoms with Crippen LogP contribution in [0, 0.1) is 10.6 Å². The van der Waals surface area contributed by atoms with Crippen LogP contribution in [-0.2, 0) is 13.2 Å². The number of halogens is 4. The van der Waals surface area contributed by atoms with E-state index in [4.69, 9.17) is 12.2 Å². The maximum absolute atomic E-state index is 13.2. The Kier molecular flexibility index (Phi) is 2.30. The number of aryl methyl sites for hydroxylation is 1. The van der Waals surface area contributed by atoms with Crippen LogP contribution in [-0.4, -0.2) is 9.55 Å². The zero-order valence-corrected chi connectivity index (χ0v) is 8.84. The number of benzene rings is 1. The summed E-state index contributed by atoms with van der Waals surface area (Å²) in [6.07, 6.45) is -4.74. The van der Waals surface area contributed by atoms with Gasteiger partial charge in [0, 0.05) is 7.05 Å². The molecule has 0 atom stereocenters. The van der Waals surface area contributed by atoms with Gasteiger partial charge in [0.15, 0.2) is 4.77 Å². The van der Waals surface area contributed by atoms with Gasteiger partial charge in [-0.15, -0.1) is 0 Å². The second-order valence-electron chi connectivity index (χ2n) is 3.31. The molecule has 0 unspecified atom stereocenters. The molecule has 2 aromatic rings. The standard InChI is InChI=1S/C9H6F4N2S/c1-15-7-5(14-8(15)16)3-2-4(10)6(7)9(11,12)13/h2-3H,1H3,(H,14,16). The van der Waals surface area contributed by atoms with E-state index in [1.54, 1.807) is 0 Å². The first kappa shape index (κ1) is 11.1. The molecule has 1 aromatic heterocycles. The van der Waals surface area contributed by atoms with Crippen molar-refractivity contribution in [3.05, 3.63) is 28.3 Å². The van der Waals surface area contributed by atoms with Crippen LogP contribution in [0.15, 0.2) is 12.1 Å². The molecular weight excluding hydrogens is 244 g/mol. The molecule has 0 radical (unpaired) electrons. The highest BCUT2D eigenvalue weighted by atomic mass is 32.1. The van der Waals surface area contributed by atoms with E-state index in [-0.39, 0.29) is 15.8 Å².